The number of alkyl halides is 3. The van der Waals surface area contributed by atoms with Crippen molar-refractivity contribution in [2.24, 2.45) is 0 Å². The molecule has 2 heterocycles. The minimum absolute atomic E-state index is 0.0467. The van der Waals surface area contributed by atoms with Crippen molar-refractivity contribution in [1.82, 2.24) is 19.8 Å². The van der Waals surface area contributed by atoms with E-state index in [-0.39, 0.29) is 29.5 Å². The molecule has 1 aliphatic carbocycles. The largest absolute Gasteiger partial charge is 0.490 e. The highest BCUT2D eigenvalue weighted by Gasteiger charge is 2.38. The Kier molecular flexibility index (Phi) is 7.82. The quantitative estimate of drug-likeness (QED) is 0.273. The lowest BCUT2D eigenvalue weighted by Crippen LogP contribution is -2.44. The molecular weight excluding hydrogens is 557 g/mol. The number of thiol groups is 1. The monoisotopic (exact) mass is 593 g/mol. The fourth-order valence-corrected chi connectivity index (χ4v) is 4.99. The summed E-state index contributed by atoms with van der Waals surface area (Å²) in [6.07, 6.45) is -1.91. The van der Waals surface area contributed by atoms with Gasteiger partial charge in [-0.3, -0.25) is 14.2 Å². The van der Waals surface area contributed by atoms with Gasteiger partial charge in [-0.2, -0.15) is 13.2 Å². The molecule has 12 heteroatoms. The SMILES string of the molecule is O=C(O)C(F)(F)F.[2H]c1c([2H])c([2H])c(-n2c(C3CCC3)nc3c(c2=O)C(S)N(C(=O)CCNCc2ccccc2)CC3)c([2H])c1[2H]. The van der Waals surface area contributed by atoms with Gasteiger partial charge in [0.15, 0.2) is 0 Å². The smallest absolute Gasteiger partial charge is 0.475 e. The topological polar surface area (TPSA) is 105 Å². The Balaban J connectivity index is 0.000000617. The molecule has 1 amide bonds. The molecule has 218 valence electrons. The van der Waals surface area contributed by atoms with Crippen LogP contribution in [0.2, 0.25) is 0 Å². The van der Waals surface area contributed by atoms with Crippen LogP contribution in [0, 0.1) is 0 Å². The predicted molar refractivity (Wildman–Crippen MR) is 150 cm³/mol. The Hall–Kier alpha value is -3.64. The first-order valence-corrected chi connectivity index (χ1v) is 13.4. The van der Waals surface area contributed by atoms with Crippen LogP contribution in [0.1, 0.15) is 66.5 Å². The normalized spacial score (nSPS) is 18.4. The summed E-state index contributed by atoms with van der Waals surface area (Å²) in [5, 5.41) is 9.53. The number of para-hydroxylation sites is 1. The van der Waals surface area contributed by atoms with Gasteiger partial charge in [-0.25, -0.2) is 9.78 Å². The number of hydrogen-bond acceptors (Lipinski definition) is 6. The summed E-state index contributed by atoms with van der Waals surface area (Å²) in [6, 6.07) is 7.39. The Morgan fingerprint density at radius 1 is 1.15 bits per heavy atom. The maximum atomic E-state index is 14.1. The molecule has 1 aromatic heterocycles. The average molecular weight is 594 g/mol. The van der Waals surface area contributed by atoms with Crippen LogP contribution in [0.15, 0.2) is 65.3 Å². The number of fused-ring (bicyclic) bond motifs is 1. The minimum atomic E-state index is -5.08. The van der Waals surface area contributed by atoms with Gasteiger partial charge in [-0.05, 0) is 30.5 Å². The molecule has 2 N–H and O–H groups in total. The van der Waals surface area contributed by atoms with E-state index in [4.69, 9.17) is 21.7 Å². The Bertz CT molecular complexity index is 1660. The molecular formula is C29H31F3N4O4S. The standard InChI is InChI=1S/C27H30N4O2S.C2HF3O2/c32-23(14-16-28-18-19-8-3-1-4-9-19)30-17-15-22-24(27(30)34)26(33)31(21-12-5-2-6-13-21)25(29-22)20-10-7-11-20;3-2(4,5)1(6)7/h1-6,8-9,12-13,20,27-28,34H,7,10-11,14-18H2;(H,6,7)/i2D,5D,6D,12D,13D;. The van der Waals surface area contributed by atoms with Crippen molar-refractivity contribution in [1.29, 1.82) is 0 Å². The van der Waals surface area contributed by atoms with Crippen LogP contribution in [-0.4, -0.2) is 50.7 Å². The van der Waals surface area contributed by atoms with E-state index in [0.717, 1.165) is 24.8 Å². The summed E-state index contributed by atoms with van der Waals surface area (Å²) in [5.41, 5.74) is 1.13. The van der Waals surface area contributed by atoms with Gasteiger partial charge in [0.05, 0.1) is 23.8 Å². The lowest BCUT2D eigenvalue weighted by atomic mass is 9.84. The van der Waals surface area contributed by atoms with Gasteiger partial charge in [0, 0.05) is 38.4 Å². The van der Waals surface area contributed by atoms with E-state index in [0.29, 0.717) is 37.6 Å². The maximum Gasteiger partial charge on any atom is 0.490 e. The van der Waals surface area contributed by atoms with E-state index in [1.165, 1.54) is 4.57 Å². The van der Waals surface area contributed by atoms with Gasteiger partial charge in [0.1, 0.15) is 11.2 Å². The summed E-state index contributed by atoms with van der Waals surface area (Å²) in [4.78, 5) is 42.5. The van der Waals surface area contributed by atoms with Crippen molar-refractivity contribution in [3.05, 3.63) is 93.5 Å². The molecule has 0 saturated heterocycles. The second-order valence-electron chi connectivity index (χ2n) is 9.50. The van der Waals surface area contributed by atoms with Crippen LogP contribution in [0.4, 0.5) is 13.2 Å². The number of nitrogens with one attached hydrogen (secondary N) is 1. The van der Waals surface area contributed by atoms with Gasteiger partial charge < -0.3 is 15.3 Å². The van der Waals surface area contributed by atoms with E-state index >= 15 is 0 Å². The summed E-state index contributed by atoms with van der Waals surface area (Å²) >= 11 is 4.67. The highest BCUT2D eigenvalue weighted by Crippen LogP contribution is 2.38. The molecule has 1 fully saturated rings. The van der Waals surface area contributed by atoms with Crippen LogP contribution in [-0.2, 0) is 22.6 Å². The molecule has 0 spiro atoms. The van der Waals surface area contributed by atoms with Crippen molar-refractivity contribution >= 4 is 24.5 Å². The highest BCUT2D eigenvalue weighted by atomic mass is 32.1. The van der Waals surface area contributed by atoms with Crippen LogP contribution >= 0.6 is 12.6 Å². The number of carbonyl (C=O) groups is 2. The number of benzene rings is 2. The van der Waals surface area contributed by atoms with E-state index in [1.54, 1.807) is 4.90 Å². The summed E-state index contributed by atoms with van der Waals surface area (Å²) in [6.45, 7) is 1.47. The zero-order valence-electron chi connectivity index (χ0n) is 26.8. The zero-order chi connectivity index (χ0) is 33.9. The fraction of sp³-hybridized carbons (Fsp3) is 0.379. The number of aliphatic carboxylic acids is 1. The Morgan fingerprint density at radius 2 is 1.80 bits per heavy atom. The number of aromatic nitrogens is 2. The van der Waals surface area contributed by atoms with Crippen LogP contribution in [0.5, 0.6) is 0 Å². The van der Waals surface area contributed by atoms with Crippen LogP contribution in [0.25, 0.3) is 5.69 Å². The molecule has 1 aliphatic heterocycles. The second-order valence-corrected chi connectivity index (χ2v) is 9.99. The number of rotatable bonds is 7. The lowest BCUT2D eigenvalue weighted by Gasteiger charge is -2.35. The summed E-state index contributed by atoms with van der Waals surface area (Å²) in [7, 11) is 0. The average Bonchev–Trinajstić information content (AvgIpc) is 2.98. The molecule has 3 aromatic rings. The third-order valence-corrected chi connectivity index (χ3v) is 7.33. The first-order chi connectivity index (χ1) is 21.6. The molecule has 5 rings (SSSR count). The third kappa shape index (κ3) is 7.36. The maximum absolute atomic E-state index is 14.1. The molecule has 41 heavy (non-hydrogen) atoms. The fourth-order valence-electron chi connectivity index (χ4n) is 4.49. The number of amides is 1. The van der Waals surface area contributed by atoms with E-state index < -0.39 is 53.3 Å². The summed E-state index contributed by atoms with van der Waals surface area (Å²) < 4.78 is 74.1. The van der Waals surface area contributed by atoms with Crippen molar-refractivity contribution in [3.63, 3.8) is 0 Å². The molecule has 0 radical (unpaired) electrons. The molecule has 2 aliphatic rings. The van der Waals surface area contributed by atoms with Gasteiger partial charge in [-0.15, -0.1) is 12.6 Å². The van der Waals surface area contributed by atoms with Crippen LogP contribution in [0.3, 0.4) is 0 Å². The van der Waals surface area contributed by atoms with E-state index in [2.05, 4.69) is 17.9 Å². The first kappa shape index (κ1) is 24.0. The number of nitrogens with zero attached hydrogens (tertiary/aromatic N) is 3. The van der Waals surface area contributed by atoms with Crippen LogP contribution < -0.4 is 10.9 Å². The van der Waals surface area contributed by atoms with Gasteiger partial charge in [0.2, 0.25) is 5.91 Å². The number of hydrogen-bond donors (Lipinski definition) is 3. The van der Waals surface area contributed by atoms with Crippen molar-refractivity contribution in [2.45, 2.75) is 56.1 Å². The van der Waals surface area contributed by atoms with Gasteiger partial charge >= 0.3 is 12.1 Å². The van der Waals surface area contributed by atoms with Crippen molar-refractivity contribution in [3.8, 4) is 5.69 Å². The Labute approximate surface area is 247 Å². The number of carboxylic acid groups (broad SMARTS) is 1. The van der Waals surface area contributed by atoms with E-state index in [9.17, 15) is 22.8 Å². The van der Waals surface area contributed by atoms with Gasteiger partial charge in [0.25, 0.3) is 5.56 Å². The third-order valence-electron chi connectivity index (χ3n) is 6.80. The molecule has 0 bridgehead atoms. The number of carbonyl (C=O) groups excluding carboxylic acids is 1. The van der Waals surface area contributed by atoms with Crippen molar-refractivity contribution < 1.29 is 34.7 Å². The number of carboxylic acids is 1. The minimum Gasteiger partial charge on any atom is -0.475 e. The van der Waals surface area contributed by atoms with E-state index in [1.807, 2.05) is 30.3 Å². The molecule has 1 atom stereocenters. The molecule has 2 aromatic carbocycles. The first-order valence-electron chi connectivity index (χ1n) is 15.4. The lowest BCUT2D eigenvalue weighted by molar-refractivity contribution is -0.192. The molecule has 8 nitrogen and oxygen atoms in total. The zero-order valence-corrected chi connectivity index (χ0v) is 22.7. The second kappa shape index (κ2) is 13.3. The highest BCUT2D eigenvalue weighted by molar-refractivity contribution is 7.80. The van der Waals surface area contributed by atoms with Crippen molar-refractivity contribution in [2.75, 3.05) is 13.1 Å². The molecule has 1 unspecified atom stereocenters. The summed E-state index contributed by atoms with van der Waals surface area (Å²) in [5.74, 6) is -2.55. The molecule has 1 saturated carbocycles. The van der Waals surface area contributed by atoms with Gasteiger partial charge in [-0.1, -0.05) is 54.9 Å². The predicted octanol–water partition coefficient (Wildman–Crippen LogP) is 4.63. The number of halogens is 3. The Morgan fingerprint density at radius 3 is 2.39 bits per heavy atom.